The molecule has 0 unspecified atom stereocenters. The standard InChI is InChI=1S/C9H12N2O3.ClH/c1-11-5-6(4-10-11)7-2-3-14-8(7)9(12)13;/h4-5,7-8H,2-3H2,1H3,(H,12,13);1H/t7-,8-;/m0./s1. The summed E-state index contributed by atoms with van der Waals surface area (Å²) in [5, 5.41) is 12.9. The molecular formula is C9H13ClN2O3. The van der Waals surface area contributed by atoms with Crippen LogP contribution >= 0.6 is 12.4 Å². The molecule has 2 atom stereocenters. The first-order valence-corrected chi connectivity index (χ1v) is 4.51. The highest BCUT2D eigenvalue weighted by molar-refractivity contribution is 5.85. The van der Waals surface area contributed by atoms with Crippen LogP contribution in [0.2, 0.25) is 0 Å². The quantitative estimate of drug-likeness (QED) is 0.819. The van der Waals surface area contributed by atoms with Gasteiger partial charge in [0.2, 0.25) is 0 Å². The molecule has 0 aliphatic carbocycles. The minimum Gasteiger partial charge on any atom is -0.479 e. The van der Waals surface area contributed by atoms with Crippen LogP contribution in [-0.2, 0) is 16.6 Å². The van der Waals surface area contributed by atoms with Crippen LogP contribution in [0.3, 0.4) is 0 Å². The van der Waals surface area contributed by atoms with Crippen LogP contribution in [0.4, 0.5) is 0 Å². The van der Waals surface area contributed by atoms with Gasteiger partial charge in [0, 0.05) is 25.8 Å². The number of hydrogen-bond donors (Lipinski definition) is 1. The molecule has 0 bridgehead atoms. The zero-order valence-corrected chi connectivity index (χ0v) is 9.11. The highest BCUT2D eigenvalue weighted by atomic mass is 35.5. The first-order chi connectivity index (χ1) is 6.68. The number of carboxylic acids is 1. The van der Waals surface area contributed by atoms with Crippen molar-refractivity contribution in [2.24, 2.45) is 7.05 Å². The van der Waals surface area contributed by atoms with Crippen molar-refractivity contribution in [1.82, 2.24) is 9.78 Å². The lowest BCUT2D eigenvalue weighted by Crippen LogP contribution is -2.24. The third kappa shape index (κ3) is 2.30. The van der Waals surface area contributed by atoms with Crippen molar-refractivity contribution in [3.05, 3.63) is 18.0 Å². The molecule has 0 radical (unpaired) electrons. The lowest BCUT2D eigenvalue weighted by atomic mass is 9.95. The molecule has 1 aliphatic rings. The lowest BCUT2D eigenvalue weighted by molar-refractivity contribution is -0.148. The van der Waals surface area contributed by atoms with Crippen LogP contribution in [-0.4, -0.2) is 33.6 Å². The van der Waals surface area contributed by atoms with Crippen LogP contribution in [0, 0.1) is 0 Å². The predicted octanol–water partition coefficient (Wildman–Crippen LogP) is 0.799. The maximum Gasteiger partial charge on any atom is 0.333 e. The highest BCUT2D eigenvalue weighted by Gasteiger charge is 2.35. The van der Waals surface area contributed by atoms with Gasteiger partial charge < -0.3 is 9.84 Å². The summed E-state index contributed by atoms with van der Waals surface area (Å²) in [6.45, 7) is 0.510. The van der Waals surface area contributed by atoms with Gasteiger partial charge in [0.1, 0.15) is 0 Å². The van der Waals surface area contributed by atoms with E-state index < -0.39 is 12.1 Å². The molecule has 1 fully saturated rings. The van der Waals surface area contributed by atoms with Gasteiger partial charge in [-0.05, 0) is 12.0 Å². The van der Waals surface area contributed by atoms with Crippen LogP contribution < -0.4 is 0 Å². The fourth-order valence-electron chi connectivity index (χ4n) is 1.81. The molecule has 1 N–H and O–H groups in total. The molecule has 1 saturated heterocycles. The summed E-state index contributed by atoms with van der Waals surface area (Å²) in [5.74, 6) is -0.947. The molecule has 6 heteroatoms. The number of hydrogen-bond acceptors (Lipinski definition) is 3. The van der Waals surface area contributed by atoms with Gasteiger partial charge >= 0.3 is 5.97 Å². The second kappa shape index (κ2) is 4.63. The van der Waals surface area contributed by atoms with Gasteiger partial charge in [-0.2, -0.15) is 5.10 Å². The molecule has 84 valence electrons. The van der Waals surface area contributed by atoms with E-state index in [1.54, 1.807) is 10.9 Å². The van der Waals surface area contributed by atoms with Crippen molar-refractivity contribution in [2.45, 2.75) is 18.4 Å². The van der Waals surface area contributed by atoms with Crippen molar-refractivity contribution >= 4 is 18.4 Å². The molecule has 2 heterocycles. The van der Waals surface area contributed by atoms with E-state index in [-0.39, 0.29) is 18.3 Å². The average molecular weight is 233 g/mol. The van der Waals surface area contributed by atoms with Crippen LogP contribution in [0.5, 0.6) is 0 Å². The summed E-state index contributed by atoms with van der Waals surface area (Å²) in [6.07, 6.45) is 3.59. The Labute approximate surface area is 93.4 Å². The molecule has 15 heavy (non-hydrogen) atoms. The molecule has 1 aliphatic heterocycles. The molecule has 1 aromatic heterocycles. The number of carbonyl (C=O) groups is 1. The Balaban J connectivity index is 0.00000112. The molecule has 0 amide bonds. The Kier molecular flexibility index (Phi) is 3.71. The summed E-state index contributed by atoms with van der Waals surface area (Å²) in [5.41, 5.74) is 0.942. The van der Waals surface area contributed by atoms with E-state index in [4.69, 9.17) is 9.84 Å². The van der Waals surface area contributed by atoms with Gasteiger partial charge in [-0.3, -0.25) is 4.68 Å². The maximum absolute atomic E-state index is 10.8. The zero-order valence-electron chi connectivity index (χ0n) is 8.29. The number of halogens is 1. The normalized spacial score (nSPS) is 24.9. The number of rotatable bonds is 2. The van der Waals surface area contributed by atoms with Gasteiger partial charge in [-0.25, -0.2) is 4.79 Å². The van der Waals surface area contributed by atoms with Crippen molar-refractivity contribution in [2.75, 3.05) is 6.61 Å². The first-order valence-electron chi connectivity index (χ1n) is 4.51. The third-order valence-electron chi connectivity index (χ3n) is 2.49. The van der Waals surface area contributed by atoms with Crippen LogP contribution in [0.15, 0.2) is 12.4 Å². The smallest absolute Gasteiger partial charge is 0.333 e. The van der Waals surface area contributed by atoms with Gasteiger partial charge in [-0.15, -0.1) is 12.4 Å². The molecular weight excluding hydrogens is 220 g/mol. The number of ether oxygens (including phenoxy) is 1. The second-order valence-corrected chi connectivity index (χ2v) is 3.47. The van der Waals surface area contributed by atoms with Crippen molar-refractivity contribution in [3.63, 3.8) is 0 Å². The fraction of sp³-hybridized carbons (Fsp3) is 0.556. The fourth-order valence-corrected chi connectivity index (χ4v) is 1.81. The third-order valence-corrected chi connectivity index (χ3v) is 2.49. The SMILES string of the molecule is Cl.Cn1cc([C@@H]2CCO[C@@H]2C(=O)O)cn1. The lowest BCUT2D eigenvalue weighted by Gasteiger charge is -2.11. The first kappa shape index (κ1) is 12.0. The minimum atomic E-state index is -0.892. The van der Waals surface area contributed by atoms with Crippen molar-refractivity contribution in [3.8, 4) is 0 Å². The summed E-state index contributed by atoms with van der Waals surface area (Å²) in [7, 11) is 1.81. The Bertz CT molecular complexity index is 353. The summed E-state index contributed by atoms with van der Waals surface area (Å²) in [4.78, 5) is 10.8. The van der Waals surface area contributed by atoms with E-state index in [2.05, 4.69) is 5.10 Å². The number of carboxylic acid groups (broad SMARTS) is 1. The molecule has 1 aromatic rings. The van der Waals surface area contributed by atoms with Gasteiger partial charge in [0.25, 0.3) is 0 Å². The average Bonchev–Trinajstić information content (AvgIpc) is 2.70. The Morgan fingerprint density at radius 3 is 3.00 bits per heavy atom. The molecule has 2 rings (SSSR count). The Hall–Kier alpha value is -1.07. The van der Waals surface area contributed by atoms with Gasteiger partial charge in [-0.1, -0.05) is 0 Å². The largest absolute Gasteiger partial charge is 0.479 e. The maximum atomic E-state index is 10.8. The number of aryl methyl sites for hydroxylation is 1. The highest BCUT2D eigenvalue weighted by Crippen LogP contribution is 2.30. The van der Waals surface area contributed by atoms with Gasteiger partial charge in [0.05, 0.1) is 6.20 Å². The van der Waals surface area contributed by atoms with E-state index in [1.165, 1.54) is 0 Å². The van der Waals surface area contributed by atoms with E-state index in [1.807, 2.05) is 13.2 Å². The Morgan fingerprint density at radius 1 is 1.73 bits per heavy atom. The van der Waals surface area contributed by atoms with Crippen molar-refractivity contribution < 1.29 is 14.6 Å². The van der Waals surface area contributed by atoms with Gasteiger partial charge in [0.15, 0.2) is 6.10 Å². The van der Waals surface area contributed by atoms with E-state index >= 15 is 0 Å². The monoisotopic (exact) mass is 232 g/mol. The van der Waals surface area contributed by atoms with Crippen molar-refractivity contribution in [1.29, 1.82) is 0 Å². The minimum absolute atomic E-state index is 0. The Morgan fingerprint density at radius 2 is 2.47 bits per heavy atom. The van der Waals surface area contributed by atoms with E-state index in [0.29, 0.717) is 6.61 Å². The van der Waals surface area contributed by atoms with Crippen LogP contribution in [0.25, 0.3) is 0 Å². The predicted molar refractivity (Wildman–Crippen MR) is 55.2 cm³/mol. The second-order valence-electron chi connectivity index (χ2n) is 3.47. The molecule has 0 spiro atoms. The summed E-state index contributed by atoms with van der Waals surface area (Å²) < 4.78 is 6.83. The topological polar surface area (TPSA) is 64.3 Å². The van der Waals surface area contributed by atoms with E-state index in [9.17, 15) is 4.79 Å². The van der Waals surface area contributed by atoms with Crippen LogP contribution in [0.1, 0.15) is 17.9 Å². The number of aliphatic carboxylic acids is 1. The summed E-state index contributed by atoms with van der Waals surface area (Å²) >= 11 is 0. The number of nitrogens with zero attached hydrogens (tertiary/aromatic N) is 2. The molecule has 0 saturated carbocycles. The molecule has 0 aromatic carbocycles. The van der Waals surface area contributed by atoms with E-state index in [0.717, 1.165) is 12.0 Å². The summed E-state index contributed by atoms with van der Waals surface area (Å²) in [6, 6.07) is 0. The number of aromatic nitrogens is 2. The molecule has 5 nitrogen and oxygen atoms in total. The zero-order chi connectivity index (χ0) is 10.1.